The van der Waals surface area contributed by atoms with Crippen LogP contribution in [0, 0.1) is 0 Å². The Hall–Kier alpha value is -7.83. The van der Waals surface area contributed by atoms with Crippen molar-refractivity contribution in [2.45, 2.75) is 0 Å². The molecule has 11 rings (SSSR count). The zero-order valence-electron chi connectivity index (χ0n) is 30.6. The topological polar surface area (TPSA) is 68.2 Å². The van der Waals surface area contributed by atoms with Crippen molar-refractivity contribution in [2.24, 2.45) is 0 Å². The minimum absolute atomic E-state index is 0.556. The summed E-state index contributed by atoms with van der Waals surface area (Å²) in [5.74, 6) is 1.71. The normalized spacial score (nSPS) is 11.5. The molecule has 11 aromatic rings. The molecule has 0 aliphatic heterocycles. The van der Waals surface area contributed by atoms with Gasteiger partial charge in [0.25, 0.3) is 0 Å². The second kappa shape index (κ2) is 13.5. The Morgan fingerprint density at radius 1 is 0.281 bits per heavy atom. The number of anilines is 3. The average Bonchev–Trinajstić information content (AvgIpc) is 3.85. The number of benzene rings is 8. The molecule has 0 amide bonds. The van der Waals surface area contributed by atoms with Crippen LogP contribution in [0.15, 0.2) is 203 Å². The maximum Gasteiger partial charge on any atom is 0.164 e. The Morgan fingerprint density at radius 2 is 0.684 bits per heavy atom. The molecule has 3 heterocycles. The van der Waals surface area contributed by atoms with Gasteiger partial charge < -0.3 is 13.7 Å². The van der Waals surface area contributed by atoms with E-state index in [-0.39, 0.29) is 0 Å². The van der Waals surface area contributed by atoms with Crippen molar-refractivity contribution in [3.05, 3.63) is 194 Å². The molecule has 8 aromatic carbocycles. The van der Waals surface area contributed by atoms with Crippen molar-refractivity contribution in [3.63, 3.8) is 0 Å². The van der Waals surface area contributed by atoms with Crippen molar-refractivity contribution in [3.8, 4) is 45.3 Å². The Morgan fingerprint density at radius 3 is 1.32 bits per heavy atom. The highest BCUT2D eigenvalue weighted by molar-refractivity contribution is 6.07. The van der Waals surface area contributed by atoms with Crippen LogP contribution in [0.1, 0.15) is 0 Å². The van der Waals surface area contributed by atoms with Crippen molar-refractivity contribution in [1.82, 2.24) is 15.0 Å². The van der Waals surface area contributed by atoms with E-state index in [1.54, 1.807) is 0 Å². The predicted molar refractivity (Wildman–Crippen MR) is 231 cm³/mol. The molecule has 0 N–H and O–H groups in total. The van der Waals surface area contributed by atoms with Crippen LogP contribution in [0.3, 0.4) is 0 Å². The van der Waals surface area contributed by atoms with Gasteiger partial charge in [0, 0.05) is 61.4 Å². The number of nitrogens with zero attached hydrogens (tertiary/aromatic N) is 4. The zero-order valence-corrected chi connectivity index (χ0v) is 30.6. The van der Waals surface area contributed by atoms with Gasteiger partial charge in [-0.1, -0.05) is 121 Å². The molecule has 0 bridgehead atoms. The lowest BCUT2D eigenvalue weighted by Gasteiger charge is -2.25. The van der Waals surface area contributed by atoms with Crippen LogP contribution >= 0.6 is 0 Å². The lowest BCUT2D eigenvalue weighted by Crippen LogP contribution is -2.09. The van der Waals surface area contributed by atoms with Gasteiger partial charge >= 0.3 is 0 Å². The summed E-state index contributed by atoms with van der Waals surface area (Å²) in [5.41, 5.74) is 11.2. The molecule has 0 aliphatic rings. The summed E-state index contributed by atoms with van der Waals surface area (Å²) in [4.78, 5) is 17.3. The van der Waals surface area contributed by atoms with Gasteiger partial charge in [-0.3, -0.25) is 0 Å². The number of para-hydroxylation sites is 2. The molecule has 0 fully saturated rings. The van der Waals surface area contributed by atoms with Crippen molar-refractivity contribution >= 4 is 60.9 Å². The van der Waals surface area contributed by atoms with Crippen LogP contribution in [0.4, 0.5) is 17.1 Å². The number of furan rings is 2. The molecule has 0 aliphatic carbocycles. The molecule has 0 radical (unpaired) electrons. The van der Waals surface area contributed by atoms with Crippen molar-refractivity contribution in [1.29, 1.82) is 0 Å². The minimum atomic E-state index is 0.556. The maximum absolute atomic E-state index is 6.65. The Bertz CT molecular complexity index is 3230. The zero-order chi connectivity index (χ0) is 37.7. The summed E-state index contributed by atoms with van der Waals surface area (Å²) in [5, 5.41) is 4.19. The summed E-state index contributed by atoms with van der Waals surface area (Å²) in [6.45, 7) is 0. The van der Waals surface area contributed by atoms with E-state index in [2.05, 4.69) is 126 Å². The first-order valence-electron chi connectivity index (χ1n) is 18.9. The summed E-state index contributed by atoms with van der Waals surface area (Å²) in [6.07, 6.45) is 0. The largest absolute Gasteiger partial charge is 0.456 e. The number of aromatic nitrogens is 3. The van der Waals surface area contributed by atoms with Gasteiger partial charge in [-0.15, -0.1) is 0 Å². The van der Waals surface area contributed by atoms with E-state index in [1.165, 1.54) is 11.1 Å². The molecule has 0 spiro atoms. The van der Waals surface area contributed by atoms with Crippen LogP contribution in [0.2, 0.25) is 0 Å². The minimum Gasteiger partial charge on any atom is -0.456 e. The van der Waals surface area contributed by atoms with Crippen LogP contribution in [-0.2, 0) is 0 Å². The highest BCUT2D eigenvalue weighted by atomic mass is 16.3. The van der Waals surface area contributed by atoms with Gasteiger partial charge in [-0.05, 0) is 77.9 Å². The summed E-state index contributed by atoms with van der Waals surface area (Å²) < 4.78 is 12.9. The number of hydrogen-bond donors (Lipinski definition) is 0. The molecule has 268 valence electrons. The fraction of sp³-hybridized carbons (Fsp3) is 0. The molecule has 0 saturated carbocycles. The molecule has 6 nitrogen and oxygen atoms in total. The second-order valence-electron chi connectivity index (χ2n) is 14.1. The monoisotopic (exact) mass is 732 g/mol. The number of hydrogen-bond acceptors (Lipinski definition) is 6. The summed E-state index contributed by atoms with van der Waals surface area (Å²) >= 11 is 0. The fourth-order valence-electron chi connectivity index (χ4n) is 7.72. The van der Waals surface area contributed by atoms with Gasteiger partial charge in [0.15, 0.2) is 17.5 Å². The van der Waals surface area contributed by atoms with Gasteiger partial charge in [-0.2, -0.15) is 0 Å². The third-order valence-corrected chi connectivity index (χ3v) is 10.5. The quantitative estimate of drug-likeness (QED) is 0.162. The third kappa shape index (κ3) is 5.88. The van der Waals surface area contributed by atoms with Gasteiger partial charge in [0.05, 0.1) is 0 Å². The highest BCUT2D eigenvalue weighted by Crippen LogP contribution is 2.40. The number of rotatable bonds is 7. The molecule has 0 unspecified atom stereocenters. The fourth-order valence-corrected chi connectivity index (χ4v) is 7.72. The molecular weight excluding hydrogens is 701 g/mol. The first-order chi connectivity index (χ1) is 28.2. The smallest absolute Gasteiger partial charge is 0.164 e. The maximum atomic E-state index is 6.65. The first-order valence-corrected chi connectivity index (χ1v) is 18.9. The predicted octanol–water partition coefficient (Wildman–Crippen LogP) is 13.8. The van der Waals surface area contributed by atoms with Crippen LogP contribution in [0.5, 0.6) is 0 Å². The number of fused-ring (bicyclic) bond motifs is 6. The van der Waals surface area contributed by atoms with Gasteiger partial charge in [0.2, 0.25) is 0 Å². The highest BCUT2D eigenvalue weighted by Gasteiger charge is 2.18. The summed E-state index contributed by atoms with van der Waals surface area (Å²) in [6, 6.07) is 66.4. The van der Waals surface area contributed by atoms with E-state index < -0.39 is 0 Å². The molecule has 0 atom stereocenters. The molecule has 57 heavy (non-hydrogen) atoms. The molecule has 6 heteroatoms. The van der Waals surface area contributed by atoms with E-state index >= 15 is 0 Å². The van der Waals surface area contributed by atoms with Crippen LogP contribution < -0.4 is 4.90 Å². The lowest BCUT2D eigenvalue weighted by molar-refractivity contribution is 0.668. The Balaban J connectivity index is 0.998. The van der Waals surface area contributed by atoms with Crippen LogP contribution in [0.25, 0.3) is 89.2 Å². The SMILES string of the molecule is c1ccc(-c2ccc(N(c3ccccc3)c3ccc4c(c3)oc3cc(-c5nc(-c6ccccc6)nc(-c6ccc7c(c6)oc6ccccc67)n5)ccc34)cc2)cc1. The Labute approximate surface area is 328 Å². The third-order valence-electron chi connectivity index (χ3n) is 10.5. The van der Waals surface area contributed by atoms with Gasteiger partial charge in [0.1, 0.15) is 22.3 Å². The first kappa shape index (κ1) is 32.6. The van der Waals surface area contributed by atoms with Crippen molar-refractivity contribution < 1.29 is 8.83 Å². The molecule has 0 saturated heterocycles. The lowest BCUT2D eigenvalue weighted by atomic mass is 10.0. The van der Waals surface area contributed by atoms with E-state index in [0.717, 1.165) is 77.6 Å². The van der Waals surface area contributed by atoms with Crippen molar-refractivity contribution in [2.75, 3.05) is 4.90 Å². The van der Waals surface area contributed by atoms with E-state index in [4.69, 9.17) is 23.8 Å². The summed E-state index contributed by atoms with van der Waals surface area (Å²) in [7, 11) is 0. The molecular formula is C51H32N4O2. The standard InChI is InChI=1S/C51H32N4O2/c1-4-12-33(13-5-1)34-20-24-39(25-21-34)55(38-16-8-3-9-17-38)40-26-29-44-43-28-23-37(31-47(43)57-48(44)32-40)51-53-49(35-14-6-2-7-15-35)52-50(54-51)36-22-27-42-41-18-10-11-19-45(41)56-46(42)30-36/h1-32H. The van der Waals surface area contributed by atoms with E-state index in [1.807, 2.05) is 72.8 Å². The van der Waals surface area contributed by atoms with Crippen LogP contribution in [-0.4, -0.2) is 15.0 Å². The second-order valence-corrected chi connectivity index (χ2v) is 14.1. The average molecular weight is 733 g/mol. The van der Waals surface area contributed by atoms with E-state index in [9.17, 15) is 0 Å². The Kier molecular flexibility index (Phi) is 7.71. The van der Waals surface area contributed by atoms with Gasteiger partial charge in [-0.25, -0.2) is 15.0 Å². The molecule has 3 aromatic heterocycles. The van der Waals surface area contributed by atoms with E-state index in [0.29, 0.717) is 17.5 Å².